The van der Waals surface area contributed by atoms with Gasteiger partial charge in [0.2, 0.25) is 0 Å². The Hall–Kier alpha value is -0.910. The second-order valence-corrected chi connectivity index (χ2v) is 4.61. The zero-order valence-electron chi connectivity index (χ0n) is 7.38. The SMILES string of the molecule is Cn1cc(C(O)c2ccc(Cl)s2)nn1. The molecule has 74 valence electrons. The number of thiophene rings is 1. The van der Waals surface area contributed by atoms with Gasteiger partial charge in [0.25, 0.3) is 0 Å². The van der Waals surface area contributed by atoms with E-state index in [1.165, 1.54) is 11.3 Å². The molecule has 0 saturated carbocycles. The lowest BCUT2D eigenvalue weighted by atomic mass is 10.2. The van der Waals surface area contributed by atoms with Gasteiger partial charge in [0.1, 0.15) is 11.8 Å². The Bertz CT molecular complexity index is 399. The van der Waals surface area contributed by atoms with Gasteiger partial charge >= 0.3 is 0 Å². The van der Waals surface area contributed by atoms with Crippen LogP contribution < -0.4 is 0 Å². The summed E-state index contributed by atoms with van der Waals surface area (Å²) < 4.78 is 2.20. The molecule has 1 N–H and O–H groups in total. The van der Waals surface area contributed by atoms with E-state index in [2.05, 4.69) is 10.3 Å². The Labute approximate surface area is 89.8 Å². The minimum Gasteiger partial charge on any atom is -0.381 e. The monoisotopic (exact) mass is 229 g/mol. The number of aliphatic hydroxyl groups excluding tert-OH is 1. The van der Waals surface area contributed by atoms with Gasteiger partial charge in [0, 0.05) is 11.9 Å². The molecule has 0 aliphatic heterocycles. The summed E-state index contributed by atoms with van der Waals surface area (Å²) in [4.78, 5) is 0.774. The standard InChI is InChI=1S/C8H8ClN3OS/c1-12-4-5(10-11-12)8(13)6-2-3-7(9)14-6/h2-4,8,13H,1H3. The third-order valence-electron chi connectivity index (χ3n) is 1.76. The van der Waals surface area contributed by atoms with Gasteiger partial charge in [-0.25, -0.2) is 0 Å². The third kappa shape index (κ3) is 1.79. The average Bonchev–Trinajstić information content (AvgIpc) is 2.73. The van der Waals surface area contributed by atoms with Gasteiger partial charge in [0.05, 0.1) is 10.5 Å². The Morgan fingerprint density at radius 1 is 1.57 bits per heavy atom. The molecule has 1 unspecified atom stereocenters. The van der Waals surface area contributed by atoms with Gasteiger partial charge in [-0.2, -0.15) is 0 Å². The molecule has 0 saturated heterocycles. The van der Waals surface area contributed by atoms with Crippen LogP contribution in [0.2, 0.25) is 4.34 Å². The second kappa shape index (κ2) is 3.68. The van der Waals surface area contributed by atoms with Crippen molar-refractivity contribution in [1.82, 2.24) is 15.0 Å². The van der Waals surface area contributed by atoms with Crippen LogP contribution in [0.15, 0.2) is 18.3 Å². The molecule has 0 radical (unpaired) electrons. The smallest absolute Gasteiger partial charge is 0.134 e. The molecule has 2 aromatic rings. The largest absolute Gasteiger partial charge is 0.381 e. The fourth-order valence-electron chi connectivity index (χ4n) is 1.11. The van der Waals surface area contributed by atoms with E-state index in [0.717, 1.165) is 4.88 Å². The minimum atomic E-state index is -0.735. The molecule has 0 aliphatic carbocycles. The van der Waals surface area contributed by atoms with Gasteiger partial charge in [-0.3, -0.25) is 4.68 Å². The lowest BCUT2D eigenvalue weighted by Gasteiger charge is -2.02. The topological polar surface area (TPSA) is 50.9 Å². The summed E-state index contributed by atoms with van der Waals surface area (Å²) in [5.74, 6) is 0. The first kappa shape index (κ1) is 9.64. The quantitative estimate of drug-likeness (QED) is 0.851. The Balaban J connectivity index is 2.28. The molecule has 0 spiro atoms. The molecule has 0 aromatic carbocycles. The first-order chi connectivity index (χ1) is 6.66. The van der Waals surface area contributed by atoms with Crippen LogP contribution in [0, 0.1) is 0 Å². The highest BCUT2D eigenvalue weighted by molar-refractivity contribution is 7.16. The number of hydrogen-bond donors (Lipinski definition) is 1. The van der Waals surface area contributed by atoms with E-state index < -0.39 is 6.10 Å². The van der Waals surface area contributed by atoms with Crippen molar-refractivity contribution >= 4 is 22.9 Å². The number of nitrogens with zero attached hydrogens (tertiary/aromatic N) is 3. The molecule has 14 heavy (non-hydrogen) atoms. The highest BCUT2D eigenvalue weighted by Gasteiger charge is 2.15. The lowest BCUT2D eigenvalue weighted by molar-refractivity contribution is 0.219. The normalized spacial score (nSPS) is 13.1. The number of aryl methyl sites for hydroxylation is 1. The Morgan fingerprint density at radius 2 is 2.36 bits per heavy atom. The molecule has 2 aromatic heterocycles. The number of aromatic nitrogens is 3. The molecular formula is C8H8ClN3OS. The summed E-state index contributed by atoms with van der Waals surface area (Å²) in [6.45, 7) is 0. The fourth-order valence-corrected chi connectivity index (χ4v) is 2.17. The summed E-state index contributed by atoms with van der Waals surface area (Å²) in [6, 6.07) is 3.54. The van der Waals surface area contributed by atoms with Crippen molar-refractivity contribution in [2.75, 3.05) is 0 Å². The fraction of sp³-hybridized carbons (Fsp3) is 0.250. The third-order valence-corrected chi connectivity index (χ3v) is 3.05. The molecule has 6 heteroatoms. The number of aliphatic hydroxyl groups is 1. The van der Waals surface area contributed by atoms with Gasteiger partial charge in [0.15, 0.2) is 0 Å². The maximum atomic E-state index is 9.85. The molecule has 0 aliphatic rings. The van der Waals surface area contributed by atoms with E-state index in [1.807, 2.05) is 0 Å². The summed E-state index contributed by atoms with van der Waals surface area (Å²) in [6.07, 6.45) is 0.944. The zero-order chi connectivity index (χ0) is 10.1. The van der Waals surface area contributed by atoms with E-state index in [1.54, 1.807) is 30.1 Å². The lowest BCUT2D eigenvalue weighted by Crippen LogP contribution is -1.96. The van der Waals surface area contributed by atoms with E-state index in [9.17, 15) is 5.11 Å². The average molecular weight is 230 g/mol. The van der Waals surface area contributed by atoms with Crippen LogP contribution in [-0.2, 0) is 7.05 Å². The van der Waals surface area contributed by atoms with E-state index in [0.29, 0.717) is 10.0 Å². The van der Waals surface area contributed by atoms with Gasteiger partial charge in [-0.1, -0.05) is 16.8 Å². The van der Waals surface area contributed by atoms with Crippen molar-refractivity contribution in [2.24, 2.45) is 7.05 Å². The van der Waals surface area contributed by atoms with Crippen LogP contribution >= 0.6 is 22.9 Å². The van der Waals surface area contributed by atoms with Gasteiger partial charge < -0.3 is 5.11 Å². The van der Waals surface area contributed by atoms with Crippen molar-refractivity contribution in [3.8, 4) is 0 Å². The van der Waals surface area contributed by atoms with Crippen LogP contribution in [0.1, 0.15) is 16.7 Å². The van der Waals surface area contributed by atoms with Crippen LogP contribution in [0.25, 0.3) is 0 Å². The number of halogens is 1. The maximum absolute atomic E-state index is 9.85. The molecule has 2 heterocycles. The van der Waals surface area contributed by atoms with Crippen LogP contribution in [0.3, 0.4) is 0 Å². The number of hydrogen-bond acceptors (Lipinski definition) is 4. The zero-order valence-corrected chi connectivity index (χ0v) is 8.96. The predicted molar refractivity (Wildman–Crippen MR) is 54.4 cm³/mol. The van der Waals surface area contributed by atoms with Crippen molar-refractivity contribution in [3.63, 3.8) is 0 Å². The second-order valence-electron chi connectivity index (χ2n) is 2.86. The maximum Gasteiger partial charge on any atom is 0.134 e. The summed E-state index contributed by atoms with van der Waals surface area (Å²) in [5, 5.41) is 17.4. The first-order valence-electron chi connectivity index (χ1n) is 3.96. The minimum absolute atomic E-state index is 0.533. The summed E-state index contributed by atoms with van der Waals surface area (Å²) in [7, 11) is 1.75. The van der Waals surface area contributed by atoms with Crippen LogP contribution in [0.5, 0.6) is 0 Å². The van der Waals surface area contributed by atoms with E-state index in [4.69, 9.17) is 11.6 Å². The van der Waals surface area contributed by atoms with Crippen molar-refractivity contribution in [2.45, 2.75) is 6.10 Å². The summed E-state index contributed by atoms with van der Waals surface area (Å²) >= 11 is 7.10. The predicted octanol–water partition coefficient (Wildman–Crippen LogP) is 1.61. The van der Waals surface area contributed by atoms with Crippen molar-refractivity contribution in [3.05, 3.63) is 33.2 Å². The van der Waals surface area contributed by atoms with Gasteiger partial charge in [-0.05, 0) is 12.1 Å². The Morgan fingerprint density at radius 3 is 2.86 bits per heavy atom. The number of rotatable bonds is 2. The molecule has 0 fully saturated rings. The van der Waals surface area contributed by atoms with E-state index in [-0.39, 0.29) is 0 Å². The van der Waals surface area contributed by atoms with Crippen LogP contribution in [-0.4, -0.2) is 20.1 Å². The molecule has 0 bridgehead atoms. The molecule has 2 rings (SSSR count). The van der Waals surface area contributed by atoms with E-state index >= 15 is 0 Å². The highest BCUT2D eigenvalue weighted by atomic mass is 35.5. The van der Waals surface area contributed by atoms with Crippen molar-refractivity contribution in [1.29, 1.82) is 0 Å². The van der Waals surface area contributed by atoms with Gasteiger partial charge in [-0.15, -0.1) is 16.4 Å². The molecule has 4 nitrogen and oxygen atoms in total. The van der Waals surface area contributed by atoms with Crippen molar-refractivity contribution < 1.29 is 5.11 Å². The highest BCUT2D eigenvalue weighted by Crippen LogP contribution is 2.29. The first-order valence-corrected chi connectivity index (χ1v) is 5.16. The molecule has 0 amide bonds. The Kier molecular flexibility index (Phi) is 2.54. The summed E-state index contributed by atoms with van der Waals surface area (Å²) in [5.41, 5.74) is 0.533. The molecule has 1 atom stereocenters. The van der Waals surface area contributed by atoms with Crippen LogP contribution in [0.4, 0.5) is 0 Å². The molecular weight excluding hydrogens is 222 g/mol.